The molecule has 1 aliphatic heterocycles. The van der Waals surface area contributed by atoms with Crippen LogP contribution in [0.25, 0.3) is 0 Å². The fraction of sp³-hybridized carbons (Fsp3) is 0.887. The number of hydrogen-bond donors (Lipinski definition) is 6. The zero-order chi connectivity index (χ0) is 59.5. The minimum absolute atomic E-state index is 0.00850. The van der Waals surface area contributed by atoms with Crippen LogP contribution in [0.4, 0.5) is 0 Å². The Morgan fingerprint density at radius 3 is 1.21 bits per heavy atom. The van der Waals surface area contributed by atoms with E-state index in [4.69, 9.17) is 14.2 Å². The molecule has 1 amide bonds. The second-order valence-electron chi connectivity index (χ2n) is 24.6. The Kier molecular flexibility index (Phi) is 57.5. The number of hydrogen-bond acceptors (Lipinski definition) is 10. The molecule has 0 radical (unpaired) electrons. The molecule has 82 heavy (non-hydrogen) atoms. The minimum Gasteiger partial charge on any atom is -0.466 e. The van der Waals surface area contributed by atoms with Gasteiger partial charge in [0.05, 0.1) is 32.0 Å². The average molecular weight is 1160 g/mol. The van der Waals surface area contributed by atoms with Gasteiger partial charge in [0.1, 0.15) is 24.4 Å². The third-order valence-electron chi connectivity index (χ3n) is 16.7. The second-order valence-corrected chi connectivity index (χ2v) is 24.6. The Morgan fingerprint density at radius 2 is 0.793 bits per heavy atom. The summed E-state index contributed by atoms with van der Waals surface area (Å²) in [5.41, 5.74) is 0. The molecule has 1 saturated heterocycles. The summed E-state index contributed by atoms with van der Waals surface area (Å²) < 4.78 is 16.7. The van der Waals surface area contributed by atoms with Crippen molar-refractivity contribution < 1.29 is 49.3 Å². The van der Waals surface area contributed by atoms with Crippen molar-refractivity contribution in [1.82, 2.24) is 5.32 Å². The molecular weight excluding hydrogens is 1030 g/mol. The summed E-state index contributed by atoms with van der Waals surface area (Å²) in [6.07, 6.45) is 67.1. The maximum atomic E-state index is 13.1. The number of unbranched alkanes of at least 4 members (excludes halogenated alkanes) is 44. The van der Waals surface area contributed by atoms with Crippen molar-refractivity contribution in [2.24, 2.45) is 0 Å². The summed E-state index contributed by atoms with van der Waals surface area (Å²) in [6, 6.07) is -0.826. The zero-order valence-corrected chi connectivity index (χ0v) is 53.5. The van der Waals surface area contributed by atoms with Crippen LogP contribution in [0.5, 0.6) is 0 Å². The lowest BCUT2D eigenvalue weighted by Gasteiger charge is -2.40. The van der Waals surface area contributed by atoms with Crippen LogP contribution in [0.3, 0.4) is 0 Å². The van der Waals surface area contributed by atoms with Crippen LogP contribution in [0.15, 0.2) is 36.5 Å². The maximum absolute atomic E-state index is 13.1. The fourth-order valence-electron chi connectivity index (χ4n) is 11.2. The van der Waals surface area contributed by atoms with E-state index in [1.165, 1.54) is 257 Å². The summed E-state index contributed by atoms with van der Waals surface area (Å²) >= 11 is 0. The van der Waals surface area contributed by atoms with Gasteiger partial charge < -0.3 is 45.1 Å². The predicted octanol–water partition coefficient (Wildman–Crippen LogP) is 17.8. The molecular formula is C71H133NO10. The molecule has 0 aromatic carbocycles. The molecule has 0 aliphatic carbocycles. The molecule has 0 aromatic heterocycles. The van der Waals surface area contributed by atoms with Crippen molar-refractivity contribution in [2.45, 2.75) is 384 Å². The molecule has 0 bridgehead atoms. The monoisotopic (exact) mass is 1160 g/mol. The van der Waals surface area contributed by atoms with Gasteiger partial charge in [-0.25, -0.2) is 0 Å². The number of rotatable bonds is 62. The highest BCUT2D eigenvalue weighted by Crippen LogP contribution is 2.23. The number of amides is 1. The SMILES string of the molecule is CCCCCCCCC/C=C/CC/C=C/C(O)C(COC1OC(CO)C(O)C(O)C1O)NC(=O)CCCCCCCCCCCCCCCC/C=C\CCCCCCCCCCCCCCOC(=O)CCCCCCCCCCCCC. The molecule has 0 saturated carbocycles. The summed E-state index contributed by atoms with van der Waals surface area (Å²) in [6.45, 7) is 4.35. The molecule has 7 unspecified atom stereocenters. The van der Waals surface area contributed by atoms with Gasteiger partial charge in [-0.3, -0.25) is 9.59 Å². The van der Waals surface area contributed by atoms with E-state index in [0.717, 1.165) is 57.8 Å². The van der Waals surface area contributed by atoms with E-state index < -0.39 is 49.5 Å². The van der Waals surface area contributed by atoms with E-state index in [1.54, 1.807) is 6.08 Å². The molecule has 11 heteroatoms. The first-order chi connectivity index (χ1) is 40.2. The van der Waals surface area contributed by atoms with Crippen LogP contribution in [0.2, 0.25) is 0 Å². The van der Waals surface area contributed by atoms with Crippen molar-refractivity contribution in [3.05, 3.63) is 36.5 Å². The van der Waals surface area contributed by atoms with Crippen molar-refractivity contribution in [2.75, 3.05) is 19.8 Å². The highest BCUT2D eigenvalue weighted by atomic mass is 16.7. The van der Waals surface area contributed by atoms with Crippen molar-refractivity contribution >= 4 is 11.9 Å². The quantitative estimate of drug-likeness (QED) is 0.0195. The van der Waals surface area contributed by atoms with E-state index in [0.29, 0.717) is 19.4 Å². The topological polar surface area (TPSA) is 175 Å². The Labute approximate surface area is 504 Å². The van der Waals surface area contributed by atoms with Gasteiger partial charge in [0.15, 0.2) is 6.29 Å². The lowest BCUT2D eigenvalue weighted by molar-refractivity contribution is -0.302. The summed E-state index contributed by atoms with van der Waals surface area (Å²) in [5, 5.41) is 54.5. The van der Waals surface area contributed by atoms with E-state index in [1.807, 2.05) is 6.08 Å². The van der Waals surface area contributed by atoms with Crippen molar-refractivity contribution in [3.63, 3.8) is 0 Å². The van der Waals surface area contributed by atoms with Crippen LogP contribution in [0.1, 0.15) is 341 Å². The number of carbonyl (C=O) groups excluding carboxylic acids is 2. The molecule has 7 atom stereocenters. The zero-order valence-electron chi connectivity index (χ0n) is 53.5. The number of allylic oxidation sites excluding steroid dienone is 5. The lowest BCUT2D eigenvalue weighted by Crippen LogP contribution is -2.60. The predicted molar refractivity (Wildman–Crippen MR) is 343 cm³/mol. The number of ether oxygens (including phenoxy) is 3. The van der Waals surface area contributed by atoms with Crippen molar-refractivity contribution in [3.8, 4) is 0 Å². The van der Waals surface area contributed by atoms with Gasteiger partial charge in [-0.2, -0.15) is 0 Å². The number of aliphatic hydroxyl groups is 5. The maximum Gasteiger partial charge on any atom is 0.305 e. The smallest absolute Gasteiger partial charge is 0.305 e. The molecule has 1 heterocycles. The Balaban J connectivity index is 1.98. The van der Waals surface area contributed by atoms with Gasteiger partial charge in [0.2, 0.25) is 5.91 Å². The summed E-state index contributed by atoms with van der Waals surface area (Å²) in [5.74, 6) is -0.181. The van der Waals surface area contributed by atoms with Gasteiger partial charge >= 0.3 is 5.97 Å². The normalized spacial score (nSPS) is 18.4. The third kappa shape index (κ3) is 49.0. The van der Waals surface area contributed by atoms with Gasteiger partial charge in [0.25, 0.3) is 0 Å². The first-order valence-electron chi connectivity index (χ1n) is 35.3. The van der Waals surface area contributed by atoms with Gasteiger partial charge in [-0.1, -0.05) is 294 Å². The molecule has 482 valence electrons. The Bertz CT molecular complexity index is 1460. The highest BCUT2D eigenvalue weighted by molar-refractivity contribution is 5.76. The van der Waals surface area contributed by atoms with Crippen LogP contribution in [0, 0.1) is 0 Å². The van der Waals surface area contributed by atoms with Crippen LogP contribution in [-0.4, -0.2) is 100 Å². The number of nitrogens with one attached hydrogen (secondary N) is 1. The third-order valence-corrected chi connectivity index (χ3v) is 16.7. The summed E-state index contributed by atoms with van der Waals surface area (Å²) in [7, 11) is 0. The van der Waals surface area contributed by atoms with Crippen LogP contribution >= 0.6 is 0 Å². The van der Waals surface area contributed by atoms with E-state index in [-0.39, 0.29) is 18.5 Å². The van der Waals surface area contributed by atoms with Gasteiger partial charge in [-0.15, -0.1) is 0 Å². The average Bonchev–Trinajstić information content (AvgIpc) is 3.69. The number of esters is 1. The minimum atomic E-state index is -1.58. The standard InChI is InChI=1S/C71H133NO10/c1-3-5-7-9-11-13-15-34-38-41-45-49-53-57-64(74)63(62-81-71-70(79)69(78)68(77)65(61-73)82-71)72-66(75)58-54-50-46-42-39-35-32-30-28-26-24-22-20-18-16-17-19-21-23-25-27-29-31-33-36-40-44-48-52-56-60-80-67(76)59-55-51-47-43-37-14-12-10-8-6-4-2/h17,19,38,41,53,57,63-65,68-71,73-74,77-79H,3-16,18,20-37,39-40,42-52,54-56,58-62H2,1-2H3,(H,72,75)/b19-17-,41-38+,57-53+. The summed E-state index contributed by atoms with van der Waals surface area (Å²) in [4.78, 5) is 25.1. The van der Waals surface area contributed by atoms with E-state index >= 15 is 0 Å². The molecule has 11 nitrogen and oxygen atoms in total. The van der Waals surface area contributed by atoms with Crippen LogP contribution in [-0.2, 0) is 23.8 Å². The molecule has 1 rings (SSSR count). The van der Waals surface area contributed by atoms with E-state index in [2.05, 4.69) is 43.5 Å². The number of carbonyl (C=O) groups is 2. The first kappa shape index (κ1) is 77.9. The largest absolute Gasteiger partial charge is 0.466 e. The molecule has 0 aromatic rings. The fourth-order valence-corrected chi connectivity index (χ4v) is 11.2. The van der Waals surface area contributed by atoms with Gasteiger partial charge in [-0.05, 0) is 70.6 Å². The number of aliphatic hydroxyl groups excluding tert-OH is 5. The Morgan fingerprint density at radius 1 is 0.439 bits per heavy atom. The van der Waals surface area contributed by atoms with Gasteiger partial charge in [0, 0.05) is 12.8 Å². The molecule has 1 aliphatic rings. The highest BCUT2D eigenvalue weighted by Gasteiger charge is 2.44. The second kappa shape index (κ2) is 60.6. The Hall–Kier alpha value is -2.12. The molecule has 1 fully saturated rings. The lowest BCUT2D eigenvalue weighted by atomic mass is 9.99. The van der Waals surface area contributed by atoms with Crippen molar-refractivity contribution in [1.29, 1.82) is 0 Å². The van der Waals surface area contributed by atoms with Crippen LogP contribution < -0.4 is 5.32 Å². The molecule has 0 spiro atoms. The molecule has 6 N–H and O–H groups in total. The first-order valence-corrected chi connectivity index (χ1v) is 35.3. The van der Waals surface area contributed by atoms with E-state index in [9.17, 15) is 35.1 Å².